The maximum atomic E-state index is 11.8. The van der Waals surface area contributed by atoms with Crippen molar-refractivity contribution >= 4 is 52.6 Å². The first-order chi connectivity index (χ1) is 14.8. The van der Waals surface area contributed by atoms with Gasteiger partial charge in [-0.05, 0) is 37.7 Å². The zero-order valence-corrected chi connectivity index (χ0v) is 18.7. The number of esters is 2. The molecule has 31 heavy (non-hydrogen) atoms. The first-order valence-electron chi connectivity index (χ1n) is 8.89. The number of carbonyl (C=O) groups is 3. The molecule has 1 aromatic carbocycles. The molecule has 0 saturated carbocycles. The fourth-order valence-corrected chi connectivity index (χ4v) is 3.22. The third kappa shape index (κ3) is 6.72. The number of carbonyl (C=O) groups excluding carboxylic acids is 3. The molecule has 1 amide bonds. The van der Waals surface area contributed by atoms with Gasteiger partial charge < -0.3 is 18.9 Å². The van der Waals surface area contributed by atoms with Crippen molar-refractivity contribution in [3.63, 3.8) is 0 Å². The lowest BCUT2D eigenvalue weighted by atomic mass is 10.2. The minimum atomic E-state index is -0.886. The van der Waals surface area contributed by atoms with Crippen LogP contribution in [-0.2, 0) is 23.9 Å². The fourth-order valence-electron chi connectivity index (χ4n) is 2.22. The number of amidine groups is 1. The van der Waals surface area contributed by atoms with E-state index in [1.807, 2.05) is 0 Å². The molecule has 0 aromatic heterocycles. The van der Waals surface area contributed by atoms with Crippen molar-refractivity contribution in [2.24, 2.45) is 10.2 Å². The van der Waals surface area contributed by atoms with Gasteiger partial charge in [-0.25, -0.2) is 9.59 Å². The average molecular weight is 470 g/mol. The Kier molecular flexibility index (Phi) is 8.88. The number of nitrogens with zero attached hydrogens (tertiary/aromatic N) is 2. The van der Waals surface area contributed by atoms with Crippen molar-refractivity contribution in [3.05, 3.63) is 33.7 Å². The van der Waals surface area contributed by atoms with Gasteiger partial charge in [-0.3, -0.25) is 10.1 Å². The van der Waals surface area contributed by atoms with Crippen LogP contribution in [0.5, 0.6) is 11.5 Å². The number of methoxy groups -OCH3 is 2. The summed E-state index contributed by atoms with van der Waals surface area (Å²) in [5.74, 6) is -1.18. The number of amides is 1. The zero-order valence-electron chi connectivity index (χ0n) is 17.1. The highest BCUT2D eigenvalue weighted by Gasteiger charge is 2.25. The number of thioether (sulfide) groups is 1. The summed E-state index contributed by atoms with van der Waals surface area (Å²) in [6.45, 7) is 3.65. The summed E-state index contributed by atoms with van der Waals surface area (Å²) in [5, 5.41) is 10.7. The van der Waals surface area contributed by atoms with E-state index in [9.17, 15) is 14.4 Å². The van der Waals surface area contributed by atoms with E-state index in [0.29, 0.717) is 17.9 Å². The number of nitrogens with one attached hydrogen (secondary N) is 1. The molecular weight excluding hydrogens is 450 g/mol. The summed E-state index contributed by atoms with van der Waals surface area (Å²) in [6, 6.07) is 3.16. The maximum absolute atomic E-state index is 11.8. The summed E-state index contributed by atoms with van der Waals surface area (Å²) in [7, 11) is 2.47. The van der Waals surface area contributed by atoms with Gasteiger partial charge in [0.2, 0.25) is 0 Å². The molecule has 1 unspecified atom stereocenters. The lowest BCUT2D eigenvalue weighted by molar-refractivity contribution is -0.148. The minimum absolute atomic E-state index is 0.142. The molecule has 1 atom stereocenters. The van der Waals surface area contributed by atoms with Gasteiger partial charge in [0, 0.05) is 11.6 Å². The van der Waals surface area contributed by atoms with Gasteiger partial charge in [-0.15, -0.1) is 5.10 Å². The van der Waals surface area contributed by atoms with Gasteiger partial charge in [-0.1, -0.05) is 11.6 Å². The molecule has 1 aliphatic heterocycles. The van der Waals surface area contributed by atoms with E-state index >= 15 is 0 Å². The normalized spacial score (nSPS) is 17.0. The molecule has 0 spiro atoms. The Bertz CT molecular complexity index is 962. The largest absolute Gasteiger partial charge is 0.490 e. The summed E-state index contributed by atoms with van der Waals surface area (Å²) in [4.78, 5) is 34.8. The third-order valence-corrected chi connectivity index (χ3v) is 4.80. The predicted molar refractivity (Wildman–Crippen MR) is 116 cm³/mol. The van der Waals surface area contributed by atoms with Gasteiger partial charge in [0.05, 0.1) is 37.0 Å². The Morgan fingerprint density at radius 3 is 2.68 bits per heavy atom. The number of hydrogen-bond acceptors (Lipinski definition) is 10. The topological polar surface area (TPSA) is 125 Å². The average Bonchev–Trinajstić information content (AvgIpc) is 3.08. The van der Waals surface area contributed by atoms with Crippen LogP contribution in [0.15, 0.2) is 33.3 Å². The van der Waals surface area contributed by atoms with Crippen LogP contribution in [0, 0.1) is 0 Å². The van der Waals surface area contributed by atoms with Crippen LogP contribution in [-0.4, -0.2) is 56.2 Å². The smallest absolute Gasteiger partial charge is 0.346 e. The number of hydrogen-bond donors (Lipinski definition) is 1. The Morgan fingerprint density at radius 1 is 1.29 bits per heavy atom. The summed E-state index contributed by atoms with van der Waals surface area (Å²) in [5.41, 5.74) is 0.538. The van der Waals surface area contributed by atoms with Crippen molar-refractivity contribution < 1.29 is 33.3 Å². The molecule has 1 saturated heterocycles. The minimum Gasteiger partial charge on any atom is -0.490 e. The quantitative estimate of drug-likeness (QED) is 0.266. The molecule has 0 radical (unpaired) electrons. The van der Waals surface area contributed by atoms with E-state index < -0.39 is 23.9 Å². The van der Waals surface area contributed by atoms with Crippen molar-refractivity contribution in [1.82, 2.24) is 5.32 Å². The lowest BCUT2D eigenvalue weighted by Crippen LogP contribution is -2.25. The molecule has 1 heterocycles. The van der Waals surface area contributed by atoms with Gasteiger partial charge in [0.15, 0.2) is 22.8 Å². The van der Waals surface area contributed by atoms with Crippen LogP contribution in [0.1, 0.15) is 19.4 Å². The third-order valence-electron chi connectivity index (χ3n) is 3.62. The number of ether oxygens (including phenoxy) is 4. The first kappa shape index (κ1) is 24.2. The predicted octanol–water partition coefficient (Wildman–Crippen LogP) is 2.29. The molecule has 1 aromatic rings. The Balaban J connectivity index is 2.20. The Morgan fingerprint density at radius 2 is 2.03 bits per heavy atom. The Hall–Kier alpha value is -3.05. The van der Waals surface area contributed by atoms with Crippen molar-refractivity contribution in [2.75, 3.05) is 20.8 Å². The monoisotopic (exact) mass is 469 g/mol. The first-order valence-corrected chi connectivity index (χ1v) is 10.1. The summed E-state index contributed by atoms with van der Waals surface area (Å²) < 4.78 is 20.3. The van der Waals surface area contributed by atoms with Crippen LogP contribution in [0.25, 0.3) is 0 Å². The summed E-state index contributed by atoms with van der Waals surface area (Å²) >= 11 is 7.25. The van der Waals surface area contributed by atoms with E-state index in [1.54, 1.807) is 19.1 Å². The molecule has 1 N–H and O–H groups in total. The van der Waals surface area contributed by atoms with E-state index in [-0.39, 0.29) is 20.8 Å². The highest BCUT2D eigenvalue weighted by molar-refractivity contribution is 8.18. The van der Waals surface area contributed by atoms with Gasteiger partial charge in [0.1, 0.15) is 0 Å². The van der Waals surface area contributed by atoms with Crippen molar-refractivity contribution in [2.45, 2.75) is 20.0 Å². The van der Waals surface area contributed by atoms with Gasteiger partial charge in [0.25, 0.3) is 5.91 Å². The second kappa shape index (κ2) is 11.4. The van der Waals surface area contributed by atoms with Gasteiger partial charge in [-0.2, -0.15) is 5.10 Å². The molecule has 1 aliphatic rings. The highest BCUT2D eigenvalue weighted by Crippen LogP contribution is 2.37. The van der Waals surface area contributed by atoms with Crippen LogP contribution in [0.2, 0.25) is 5.02 Å². The molecule has 12 heteroatoms. The van der Waals surface area contributed by atoms with Gasteiger partial charge >= 0.3 is 11.9 Å². The maximum Gasteiger partial charge on any atom is 0.346 e. The molecule has 1 fully saturated rings. The second-order valence-electron chi connectivity index (χ2n) is 5.78. The van der Waals surface area contributed by atoms with Crippen LogP contribution in [0.4, 0.5) is 0 Å². The Labute approximate surface area is 187 Å². The summed E-state index contributed by atoms with van der Waals surface area (Å²) in [6.07, 6.45) is 1.57. The molecule has 0 aliphatic carbocycles. The molecule has 0 bridgehead atoms. The molecule has 10 nitrogen and oxygen atoms in total. The molecular formula is C19H20ClN3O7S. The van der Waals surface area contributed by atoms with E-state index in [0.717, 1.165) is 17.8 Å². The van der Waals surface area contributed by atoms with E-state index in [2.05, 4.69) is 25.0 Å². The van der Waals surface area contributed by atoms with E-state index in [4.69, 9.17) is 21.1 Å². The van der Waals surface area contributed by atoms with Crippen LogP contribution in [0.3, 0.4) is 0 Å². The van der Waals surface area contributed by atoms with Crippen LogP contribution >= 0.6 is 23.4 Å². The van der Waals surface area contributed by atoms with Crippen molar-refractivity contribution in [1.29, 1.82) is 0 Å². The van der Waals surface area contributed by atoms with Crippen molar-refractivity contribution in [3.8, 4) is 11.5 Å². The zero-order chi connectivity index (χ0) is 23.0. The van der Waals surface area contributed by atoms with E-state index in [1.165, 1.54) is 27.4 Å². The fraction of sp³-hybridized carbons (Fsp3) is 0.316. The standard InChI is InChI=1S/C19H20ClN3O7S/c1-5-29-13-7-11(6-12(20)16(13)30-10(2)18(26)28-4)9-21-23-19-22-17(25)14(31-19)8-15(24)27-3/h6-10H,5H2,1-4H3,(H,22,23,25)/b14-8+,21-9?. The lowest BCUT2D eigenvalue weighted by Gasteiger charge is -2.17. The van der Waals surface area contributed by atoms with Crippen LogP contribution < -0.4 is 14.8 Å². The molecule has 166 valence electrons. The number of rotatable bonds is 8. The number of halogens is 1. The highest BCUT2D eigenvalue weighted by atomic mass is 35.5. The SMILES string of the molecule is CCOc1cc(C=N/N=C2/NC(=O)/C(=C\C(=O)OC)S2)cc(Cl)c1OC(C)C(=O)OC. The number of benzene rings is 1. The molecule has 2 rings (SSSR count). The second-order valence-corrected chi connectivity index (χ2v) is 7.22.